The fourth-order valence-electron chi connectivity index (χ4n) is 8.92. The topological polar surface area (TPSA) is 66.8 Å². The lowest BCUT2D eigenvalue weighted by Crippen LogP contribution is -2.10. The molecule has 11 aromatic rings. The highest BCUT2D eigenvalue weighted by atomic mass is 15.0. The molecule has 0 bridgehead atoms. The molecular formula is C61H46N4. The Balaban J connectivity index is 0.000000497. The van der Waals surface area contributed by atoms with Crippen molar-refractivity contribution in [1.82, 2.24) is 4.57 Å². The van der Waals surface area contributed by atoms with Gasteiger partial charge in [-0.2, -0.15) is 0 Å². The number of nitrogens with one attached hydrogen (secondary N) is 2. The summed E-state index contributed by atoms with van der Waals surface area (Å²) < 4.78 is 2.50. The summed E-state index contributed by atoms with van der Waals surface area (Å²) in [4.78, 5) is 0. The van der Waals surface area contributed by atoms with Crippen molar-refractivity contribution in [3.8, 4) is 61.3 Å². The van der Waals surface area contributed by atoms with Crippen molar-refractivity contribution < 1.29 is 0 Å². The fourth-order valence-corrected chi connectivity index (χ4v) is 8.92. The first kappa shape index (κ1) is 40.3. The Morgan fingerprint density at radius 3 is 1.26 bits per heavy atom. The Bertz CT molecular complexity index is 3350. The Morgan fingerprint density at radius 2 is 0.769 bits per heavy atom. The molecule has 0 saturated heterocycles. The second-order valence-electron chi connectivity index (χ2n) is 15.9. The van der Waals surface area contributed by atoms with Gasteiger partial charge >= 0.3 is 0 Å². The molecule has 0 aliphatic carbocycles. The van der Waals surface area contributed by atoms with Crippen molar-refractivity contribution in [2.75, 3.05) is 5.32 Å². The molecule has 0 aliphatic heterocycles. The summed E-state index contributed by atoms with van der Waals surface area (Å²) >= 11 is 0. The van der Waals surface area contributed by atoms with Crippen molar-refractivity contribution in [1.29, 1.82) is 5.41 Å². The van der Waals surface area contributed by atoms with Crippen LogP contribution in [0.4, 0.5) is 11.4 Å². The predicted octanol–water partition coefficient (Wildman–Crippen LogP) is 15.8. The normalized spacial score (nSPS) is 10.9. The summed E-state index contributed by atoms with van der Waals surface area (Å²) in [5.41, 5.74) is 23.5. The third kappa shape index (κ3) is 8.20. The molecule has 310 valence electrons. The van der Waals surface area contributed by atoms with Crippen molar-refractivity contribution in [2.24, 2.45) is 5.73 Å². The Morgan fingerprint density at radius 1 is 0.369 bits per heavy atom. The first-order valence-corrected chi connectivity index (χ1v) is 21.9. The van der Waals surface area contributed by atoms with Crippen LogP contribution in [0, 0.1) is 5.41 Å². The third-order valence-corrected chi connectivity index (χ3v) is 11.8. The molecule has 4 heteroatoms. The zero-order valence-electron chi connectivity index (χ0n) is 35.8. The number of fused-ring (bicyclic) bond motifs is 3. The molecular weight excluding hydrogens is 789 g/mol. The highest BCUT2D eigenvalue weighted by Gasteiger charge is 2.29. The highest BCUT2D eigenvalue weighted by Crippen LogP contribution is 2.54. The van der Waals surface area contributed by atoms with E-state index in [1.54, 1.807) is 0 Å². The Hall–Kier alpha value is -8.73. The van der Waals surface area contributed by atoms with Crippen LogP contribution in [-0.4, -0.2) is 10.4 Å². The van der Waals surface area contributed by atoms with E-state index < -0.39 is 0 Å². The van der Waals surface area contributed by atoms with Crippen LogP contribution < -0.4 is 11.1 Å². The minimum atomic E-state index is 0.121. The maximum absolute atomic E-state index is 7.01. The molecule has 11 rings (SSSR count). The van der Waals surface area contributed by atoms with Gasteiger partial charge < -0.3 is 15.6 Å². The average Bonchev–Trinajstić information content (AvgIpc) is 3.72. The molecule has 4 nitrogen and oxygen atoms in total. The number of anilines is 2. The maximum atomic E-state index is 7.01. The second kappa shape index (κ2) is 18.3. The highest BCUT2D eigenvalue weighted by molar-refractivity contribution is 6.26. The summed E-state index contributed by atoms with van der Waals surface area (Å²) in [5, 5.41) is 13.0. The summed E-state index contributed by atoms with van der Waals surface area (Å²) in [6.07, 6.45) is 0. The van der Waals surface area contributed by atoms with Crippen molar-refractivity contribution in [3.05, 3.63) is 260 Å². The van der Waals surface area contributed by atoms with Gasteiger partial charge in [0.05, 0.1) is 11.0 Å². The SMILES string of the molecule is N=C(N)c1ccccc1.c1ccc(Nc2ccc(-c3ccc4c(c3)c3c(-c5ccccc5)c(-c5ccccc5)c(-c5ccccc5)c(-c5ccccc5)c3n4-c3ccccc3)cc2)cc1. The van der Waals surface area contributed by atoms with Crippen LogP contribution in [0.1, 0.15) is 5.56 Å². The van der Waals surface area contributed by atoms with E-state index in [4.69, 9.17) is 11.1 Å². The van der Waals surface area contributed by atoms with Gasteiger partial charge in [-0.25, -0.2) is 0 Å². The molecule has 0 amide bonds. The standard InChI is InChI=1S/C54H38N2.C7H8N2/c1-7-19-39(20-8-1)49-50(40-21-9-2-10-22-40)52(42-25-13-4-14-26-42)54-53(51(49)41-23-11-3-12-24-41)47-37-43(33-36-48(47)56(54)46-29-17-6-18-30-46)38-31-34-45(35-32-38)55-44-27-15-5-16-28-44;8-7(9)6-4-2-1-3-5-6/h1-37,55H;1-5H,(H3,8,9). The van der Waals surface area contributed by atoms with Gasteiger partial charge in [0.2, 0.25) is 0 Å². The lowest BCUT2D eigenvalue weighted by molar-refractivity contribution is 1.18. The van der Waals surface area contributed by atoms with E-state index in [1.807, 2.05) is 36.4 Å². The number of aromatic nitrogens is 1. The molecule has 1 aromatic heterocycles. The number of nitrogens with two attached hydrogens (primary N) is 1. The van der Waals surface area contributed by atoms with Gasteiger partial charge in [-0.15, -0.1) is 0 Å². The van der Waals surface area contributed by atoms with Crippen LogP contribution in [0.5, 0.6) is 0 Å². The van der Waals surface area contributed by atoms with Crippen LogP contribution >= 0.6 is 0 Å². The first-order valence-electron chi connectivity index (χ1n) is 21.9. The van der Waals surface area contributed by atoms with E-state index in [9.17, 15) is 0 Å². The van der Waals surface area contributed by atoms with E-state index in [-0.39, 0.29) is 5.84 Å². The molecule has 0 saturated carbocycles. The van der Waals surface area contributed by atoms with Gasteiger partial charge in [0.25, 0.3) is 0 Å². The molecule has 0 spiro atoms. The minimum absolute atomic E-state index is 0.121. The molecule has 4 N–H and O–H groups in total. The van der Waals surface area contributed by atoms with Gasteiger partial charge in [-0.1, -0.05) is 206 Å². The molecule has 0 aliphatic rings. The summed E-state index contributed by atoms with van der Waals surface area (Å²) in [6.45, 7) is 0. The number of amidine groups is 1. The van der Waals surface area contributed by atoms with Crippen molar-refractivity contribution in [2.45, 2.75) is 0 Å². The van der Waals surface area contributed by atoms with Crippen molar-refractivity contribution >= 4 is 39.0 Å². The lowest BCUT2D eigenvalue weighted by atomic mass is 9.80. The van der Waals surface area contributed by atoms with Crippen molar-refractivity contribution in [3.63, 3.8) is 0 Å². The first-order chi connectivity index (χ1) is 32.1. The van der Waals surface area contributed by atoms with Gasteiger partial charge in [-0.3, -0.25) is 5.41 Å². The Labute approximate surface area is 380 Å². The largest absolute Gasteiger partial charge is 0.384 e. The smallest absolute Gasteiger partial charge is 0.122 e. The lowest BCUT2D eigenvalue weighted by Gasteiger charge is -2.24. The van der Waals surface area contributed by atoms with Gasteiger partial charge in [0.1, 0.15) is 5.84 Å². The average molecular weight is 835 g/mol. The quantitative estimate of drug-likeness (QED) is 0.100. The second-order valence-corrected chi connectivity index (χ2v) is 15.9. The van der Waals surface area contributed by atoms with Crippen LogP contribution in [-0.2, 0) is 0 Å². The maximum Gasteiger partial charge on any atom is 0.122 e. The van der Waals surface area contributed by atoms with Crippen LogP contribution in [0.2, 0.25) is 0 Å². The van der Waals surface area contributed by atoms with Crippen LogP contribution in [0.15, 0.2) is 255 Å². The minimum Gasteiger partial charge on any atom is -0.384 e. The van der Waals surface area contributed by atoms with E-state index in [0.29, 0.717) is 0 Å². The molecule has 10 aromatic carbocycles. The molecule has 0 fully saturated rings. The predicted molar refractivity (Wildman–Crippen MR) is 275 cm³/mol. The number of rotatable bonds is 9. The zero-order valence-corrected chi connectivity index (χ0v) is 35.8. The number of hydrogen-bond donors (Lipinski definition) is 3. The Kier molecular flexibility index (Phi) is 11.4. The third-order valence-electron chi connectivity index (χ3n) is 11.8. The van der Waals surface area contributed by atoms with Gasteiger partial charge in [-0.05, 0) is 87.5 Å². The number of nitrogens with zero attached hydrogens (tertiary/aromatic N) is 1. The summed E-state index contributed by atoms with van der Waals surface area (Å²) in [7, 11) is 0. The zero-order chi connectivity index (χ0) is 44.0. The van der Waals surface area contributed by atoms with Gasteiger partial charge in [0.15, 0.2) is 0 Å². The summed E-state index contributed by atoms with van der Waals surface area (Å²) in [6, 6.07) is 90.0. The molecule has 0 unspecified atom stereocenters. The monoisotopic (exact) mass is 834 g/mol. The molecule has 65 heavy (non-hydrogen) atoms. The van der Waals surface area contributed by atoms with E-state index in [0.717, 1.165) is 28.1 Å². The summed E-state index contributed by atoms with van der Waals surface area (Å²) in [5.74, 6) is 0.121. The molecule has 0 radical (unpaired) electrons. The number of benzene rings is 10. The van der Waals surface area contributed by atoms with E-state index >= 15 is 0 Å². The van der Waals surface area contributed by atoms with Crippen LogP contribution in [0.25, 0.3) is 83.1 Å². The number of para-hydroxylation sites is 2. The van der Waals surface area contributed by atoms with Crippen LogP contribution in [0.3, 0.4) is 0 Å². The number of nitrogen functional groups attached to an aromatic ring is 1. The van der Waals surface area contributed by atoms with E-state index in [2.05, 4.69) is 228 Å². The van der Waals surface area contributed by atoms with E-state index in [1.165, 1.54) is 71.9 Å². The van der Waals surface area contributed by atoms with Gasteiger partial charge in [0, 0.05) is 50.1 Å². The fraction of sp³-hybridized carbons (Fsp3) is 0. The number of hydrogen-bond acceptors (Lipinski definition) is 2. The molecule has 0 atom stereocenters. The molecule has 1 heterocycles.